The summed E-state index contributed by atoms with van der Waals surface area (Å²) in [5.74, 6) is 0.724. The molecule has 6 nitrogen and oxygen atoms in total. The number of sulfone groups is 1. The molecule has 0 radical (unpaired) electrons. The molecule has 4 rings (SSSR count). The topological polar surface area (TPSA) is 80.5 Å². The molecule has 7 heteroatoms. The van der Waals surface area contributed by atoms with Crippen LogP contribution < -0.4 is 0 Å². The molecule has 0 N–H and O–H groups in total. The maximum absolute atomic E-state index is 13.0. The van der Waals surface area contributed by atoms with E-state index in [4.69, 9.17) is 4.52 Å². The number of hydrogen-bond donors (Lipinski definition) is 0. The Morgan fingerprint density at radius 3 is 2.33 bits per heavy atom. The minimum absolute atomic E-state index is 0.000194. The molecule has 1 amide bonds. The van der Waals surface area contributed by atoms with Crippen LogP contribution in [0.15, 0.2) is 39.8 Å². The Balaban J connectivity index is 1.52. The van der Waals surface area contributed by atoms with Gasteiger partial charge in [0.15, 0.2) is 9.84 Å². The first kappa shape index (κ1) is 18.2. The third-order valence-corrected chi connectivity index (χ3v) is 8.19. The van der Waals surface area contributed by atoms with Gasteiger partial charge in [-0.2, -0.15) is 0 Å². The van der Waals surface area contributed by atoms with Crippen LogP contribution in [0.2, 0.25) is 0 Å². The van der Waals surface area contributed by atoms with Gasteiger partial charge in [0.2, 0.25) is 5.91 Å². The van der Waals surface area contributed by atoms with E-state index in [0.29, 0.717) is 23.5 Å². The van der Waals surface area contributed by atoms with E-state index >= 15 is 0 Å². The second-order valence-corrected chi connectivity index (χ2v) is 9.85. The summed E-state index contributed by atoms with van der Waals surface area (Å²) in [5, 5.41) is 3.50. The van der Waals surface area contributed by atoms with E-state index in [0.717, 1.165) is 24.1 Å². The number of nitrogens with zero attached hydrogens (tertiary/aromatic N) is 2. The van der Waals surface area contributed by atoms with Crippen molar-refractivity contribution in [2.75, 3.05) is 0 Å². The van der Waals surface area contributed by atoms with Crippen molar-refractivity contribution in [3.8, 4) is 0 Å². The summed E-state index contributed by atoms with van der Waals surface area (Å²) < 4.78 is 31.2. The van der Waals surface area contributed by atoms with Crippen LogP contribution >= 0.6 is 0 Å². The van der Waals surface area contributed by atoms with E-state index in [1.807, 2.05) is 24.8 Å². The number of carbonyl (C=O) groups excluding carboxylic acids is 1. The molecule has 2 aliphatic heterocycles. The minimum atomic E-state index is -3.36. The predicted octanol–water partition coefficient (Wildman–Crippen LogP) is 2.83. The Morgan fingerprint density at radius 2 is 1.78 bits per heavy atom. The second kappa shape index (κ2) is 6.78. The van der Waals surface area contributed by atoms with Gasteiger partial charge < -0.3 is 9.42 Å². The average molecular weight is 388 g/mol. The second-order valence-electron chi connectivity index (χ2n) is 7.62. The highest BCUT2D eigenvalue weighted by Gasteiger charge is 2.47. The summed E-state index contributed by atoms with van der Waals surface area (Å²) in [5.41, 5.74) is 1.59. The van der Waals surface area contributed by atoms with Crippen LogP contribution in [0.5, 0.6) is 0 Å². The molecular formula is C20H24N2O4S. The van der Waals surface area contributed by atoms with Crippen LogP contribution in [-0.2, 0) is 21.1 Å². The Bertz CT molecular complexity index is 918. The van der Waals surface area contributed by atoms with Crippen LogP contribution in [0.3, 0.4) is 0 Å². The van der Waals surface area contributed by atoms with E-state index in [1.165, 1.54) is 0 Å². The van der Waals surface area contributed by atoms with Crippen molar-refractivity contribution in [1.29, 1.82) is 0 Å². The van der Waals surface area contributed by atoms with Gasteiger partial charge in [0.05, 0.1) is 22.3 Å². The molecule has 2 bridgehead atoms. The lowest BCUT2D eigenvalue weighted by atomic mass is 10.0. The van der Waals surface area contributed by atoms with Crippen molar-refractivity contribution in [2.45, 2.75) is 68.2 Å². The maximum Gasteiger partial charge on any atom is 0.227 e. The number of aromatic nitrogens is 1. The summed E-state index contributed by atoms with van der Waals surface area (Å²) in [6.07, 6.45) is 3.05. The highest BCUT2D eigenvalue weighted by atomic mass is 32.2. The van der Waals surface area contributed by atoms with Gasteiger partial charge in [0, 0.05) is 17.6 Å². The number of carbonyl (C=O) groups is 1. The lowest BCUT2D eigenvalue weighted by molar-refractivity contribution is -0.134. The smallest absolute Gasteiger partial charge is 0.227 e. The molecule has 0 spiro atoms. The van der Waals surface area contributed by atoms with Gasteiger partial charge >= 0.3 is 0 Å². The quantitative estimate of drug-likeness (QED) is 0.805. The van der Waals surface area contributed by atoms with Gasteiger partial charge in [-0.3, -0.25) is 4.79 Å². The Kier molecular flexibility index (Phi) is 4.58. The maximum atomic E-state index is 13.0. The molecule has 2 atom stereocenters. The first-order chi connectivity index (χ1) is 12.9. The fraction of sp³-hybridized carbons (Fsp3) is 0.500. The number of amides is 1. The third kappa shape index (κ3) is 3.18. The normalized spacial score (nSPS) is 25.0. The SMILES string of the molecule is Cc1noc(C)c1CC(=O)N1C2CCC1CC(S(=O)(=O)c1ccccc1)C2. The summed E-state index contributed by atoms with van der Waals surface area (Å²) in [6, 6.07) is 8.64. The van der Waals surface area contributed by atoms with E-state index in [-0.39, 0.29) is 24.4 Å². The highest BCUT2D eigenvalue weighted by molar-refractivity contribution is 7.92. The van der Waals surface area contributed by atoms with Gasteiger partial charge in [0.25, 0.3) is 0 Å². The number of fused-ring (bicyclic) bond motifs is 2. The zero-order valence-corrected chi connectivity index (χ0v) is 16.4. The van der Waals surface area contributed by atoms with E-state index < -0.39 is 15.1 Å². The van der Waals surface area contributed by atoms with Gasteiger partial charge in [0.1, 0.15) is 5.76 Å². The van der Waals surface area contributed by atoms with E-state index in [1.54, 1.807) is 24.3 Å². The molecule has 0 aliphatic carbocycles. The van der Waals surface area contributed by atoms with Crippen molar-refractivity contribution in [2.24, 2.45) is 0 Å². The van der Waals surface area contributed by atoms with E-state index in [9.17, 15) is 13.2 Å². The van der Waals surface area contributed by atoms with Crippen LogP contribution in [0.4, 0.5) is 0 Å². The molecule has 0 saturated carbocycles. The predicted molar refractivity (Wildman–Crippen MR) is 100.0 cm³/mol. The molecule has 2 unspecified atom stereocenters. The summed E-state index contributed by atoms with van der Waals surface area (Å²) in [7, 11) is -3.36. The molecule has 2 fully saturated rings. The van der Waals surface area contributed by atoms with Crippen molar-refractivity contribution in [1.82, 2.24) is 10.1 Å². The molecule has 1 aromatic carbocycles. The number of aryl methyl sites for hydroxylation is 2. The molecule has 27 heavy (non-hydrogen) atoms. The molecule has 2 aliphatic rings. The van der Waals surface area contributed by atoms with Crippen LogP contribution in [0.1, 0.15) is 42.7 Å². The first-order valence-electron chi connectivity index (χ1n) is 9.39. The fourth-order valence-corrected chi connectivity index (χ4v) is 6.46. The van der Waals surface area contributed by atoms with Gasteiger partial charge in [-0.05, 0) is 51.7 Å². The summed E-state index contributed by atoms with van der Waals surface area (Å²) in [4.78, 5) is 15.3. The zero-order chi connectivity index (χ0) is 19.2. The standard InChI is InChI=1S/C20H24N2O4S/c1-13-19(14(2)26-21-13)12-20(23)22-15-8-9-16(22)11-18(10-15)27(24,25)17-6-4-3-5-7-17/h3-7,15-16,18H,8-12H2,1-2H3. The van der Waals surface area contributed by atoms with Gasteiger partial charge in [-0.1, -0.05) is 23.4 Å². The molecule has 3 heterocycles. The van der Waals surface area contributed by atoms with Crippen LogP contribution in [0, 0.1) is 13.8 Å². The van der Waals surface area contributed by atoms with Gasteiger partial charge in [-0.25, -0.2) is 8.42 Å². The summed E-state index contributed by atoms with van der Waals surface area (Å²) in [6.45, 7) is 3.66. The molecule has 2 saturated heterocycles. The van der Waals surface area contributed by atoms with Gasteiger partial charge in [-0.15, -0.1) is 0 Å². The lowest BCUT2D eigenvalue weighted by Crippen LogP contribution is -2.50. The Morgan fingerprint density at radius 1 is 1.15 bits per heavy atom. The highest BCUT2D eigenvalue weighted by Crippen LogP contribution is 2.40. The summed E-state index contributed by atoms with van der Waals surface area (Å²) >= 11 is 0. The van der Waals surface area contributed by atoms with Crippen molar-refractivity contribution >= 4 is 15.7 Å². The van der Waals surface area contributed by atoms with Crippen molar-refractivity contribution in [3.63, 3.8) is 0 Å². The molecule has 2 aromatic rings. The average Bonchev–Trinajstić information content (AvgIpc) is 3.11. The number of benzene rings is 1. The lowest BCUT2D eigenvalue weighted by Gasteiger charge is -2.38. The van der Waals surface area contributed by atoms with Crippen molar-refractivity contribution < 1.29 is 17.7 Å². The number of hydrogen-bond acceptors (Lipinski definition) is 5. The molecular weight excluding hydrogens is 364 g/mol. The van der Waals surface area contributed by atoms with Crippen LogP contribution in [0.25, 0.3) is 0 Å². The van der Waals surface area contributed by atoms with Crippen molar-refractivity contribution in [3.05, 3.63) is 47.3 Å². The number of rotatable bonds is 4. The Labute approximate surface area is 159 Å². The Hall–Kier alpha value is -2.15. The monoisotopic (exact) mass is 388 g/mol. The third-order valence-electron chi connectivity index (χ3n) is 6.00. The fourth-order valence-electron chi connectivity index (χ4n) is 4.59. The first-order valence-corrected chi connectivity index (χ1v) is 10.9. The largest absolute Gasteiger partial charge is 0.361 e. The zero-order valence-electron chi connectivity index (χ0n) is 15.6. The van der Waals surface area contributed by atoms with Crippen LogP contribution in [-0.4, -0.2) is 41.7 Å². The number of piperidine rings is 1. The molecule has 1 aromatic heterocycles. The molecule has 144 valence electrons. The minimum Gasteiger partial charge on any atom is -0.361 e. The van der Waals surface area contributed by atoms with E-state index in [2.05, 4.69) is 5.16 Å².